The van der Waals surface area contributed by atoms with Gasteiger partial charge in [0, 0.05) is 46.1 Å². The third-order valence-corrected chi connectivity index (χ3v) is 8.48. The fourth-order valence-electron chi connectivity index (χ4n) is 5.81. The molecule has 0 spiro atoms. The highest BCUT2D eigenvalue weighted by molar-refractivity contribution is 6.31. The van der Waals surface area contributed by atoms with Gasteiger partial charge in [-0.25, -0.2) is 4.68 Å². The highest BCUT2D eigenvalue weighted by Crippen LogP contribution is 2.41. The Morgan fingerprint density at radius 3 is 2.45 bits per heavy atom. The lowest BCUT2D eigenvalue weighted by molar-refractivity contribution is -0.142. The van der Waals surface area contributed by atoms with E-state index < -0.39 is 53.5 Å². The summed E-state index contributed by atoms with van der Waals surface area (Å²) in [6.45, 7) is 0.137. The zero-order valence-electron chi connectivity index (χ0n) is 25.2. The van der Waals surface area contributed by atoms with E-state index in [-0.39, 0.29) is 63.3 Å². The molecule has 10 nitrogen and oxygen atoms in total. The predicted octanol–water partition coefficient (Wildman–Crippen LogP) is 7.59. The van der Waals surface area contributed by atoms with Gasteiger partial charge in [0.05, 0.1) is 46.8 Å². The molecule has 1 amide bonds. The Bertz CT molecular complexity index is 2110. The Hall–Kier alpha value is -4.70. The van der Waals surface area contributed by atoms with E-state index in [2.05, 4.69) is 25.7 Å². The molecule has 5 heterocycles. The molecule has 2 atom stereocenters. The number of nitrogens with zero attached hydrogens (tertiary/aromatic N) is 7. The van der Waals surface area contributed by atoms with Crippen LogP contribution in [0, 0.1) is 5.92 Å². The summed E-state index contributed by atoms with van der Waals surface area (Å²) in [7, 11) is 0. The summed E-state index contributed by atoms with van der Waals surface area (Å²) >= 11 is 12.1. The first-order valence-electron chi connectivity index (χ1n) is 14.7. The van der Waals surface area contributed by atoms with Crippen molar-refractivity contribution in [3.05, 3.63) is 93.0 Å². The second-order valence-corrected chi connectivity index (χ2v) is 12.3. The summed E-state index contributed by atoms with van der Waals surface area (Å²) in [5.74, 6) is -1.12. The summed E-state index contributed by atoms with van der Waals surface area (Å²) in [5.41, 5.74) is -2.25. The minimum absolute atomic E-state index is 0.0160. The Morgan fingerprint density at radius 2 is 1.76 bits per heavy atom. The fourth-order valence-corrected chi connectivity index (χ4v) is 6.11. The van der Waals surface area contributed by atoms with Gasteiger partial charge in [-0.2, -0.15) is 31.4 Å². The molecule has 4 aromatic heterocycles. The van der Waals surface area contributed by atoms with Crippen molar-refractivity contribution in [3.63, 3.8) is 0 Å². The molecule has 256 valence electrons. The molecule has 0 aliphatic carbocycles. The van der Waals surface area contributed by atoms with Crippen molar-refractivity contribution in [1.82, 2.24) is 34.3 Å². The summed E-state index contributed by atoms with van der Waals surface area (Å²) < 4.78 is 87.8. The number of halogens is 8. The lowest BCUT2D eigenvalue weighted by atomic mass is 9.95. The first-order chi connectivity index (χ1) is 23.1. The van der Waals surface area contributed by atoms with Gasteiger partial charge in [0.2, 0.25) is 5.91 Å². The van der Waals surface area contributed by atoms with E-state index in [1.54, 1.807) is 6.92 Å². The quantitative estimate of drug-likeness (QED) is 0.191. The maximum Gasteiger partial charge on any atom is 0.418 e. The third kappa shape index (κ3) is 7.20. The van der Waals surface area contributed by atoms with Crippen molar-refractivity contribution in [2.24, 2.45) is 5.92 Å². The summed E-state index contributed by atoms with van der Waals surface area (Å²) in [4.78, 5) is 31.2. The van der Waals surface area contributed by atoms with Gasteiger partial charge in [0.15, 0.2) is 5.15 Å². The number of aromatic nitrogens is 7. The number of anilines is 1. The van der Waals surface area contributed by atoms with Crippen LogP contribution < -0.4 is 10.9 Å². The van der Waals surface area contributed by atoms with E-state index in [9.17, 15) is 35.9 Å². The number of hydrogen-bond acceptors (Lipinski definition) is 6. The minimum atomic E-state index is -4.98. The van der Waals surface area contributed by atoms with Crippen molar-refractivity contribution in [2.75, 3.05) is 5.32 Å². The van der Waals surface area contributed by atoms with Crippen LogP contribution in [0.5, 0.6) is 0 Å². The summed E-state index contributed by atoms with van der Waals surface area (Å²) in [6, 6.07) is 6.60. The van der Waals surface area contributed by atoms with Gasteiger partial charge in [0.25, 0.3) is 5.56 Å². The van der Waals surface area contributed by atoms with Crippen LogP contribution in [0.15, 0.2) is 66.0 Å². The molecule has 1 N–H and O–H groups in total. The third-order valence-electron chi connectivity index (χ3n) is 8.07. The largest absolute Gasteiger partial charge is 0.418 e. The summed E-state index contributed by atoms with van der Waals surface area (Å²) in [5, 5.41) is 14.1. The molecule has 0 saturated heterocycles. The van der Waals surface area contributed by atoms with Crippen molar-refractivity contribution in [1.29, 1.82) is 0 Å². The zero-order valence-corrected chi connectivity index (χ0v) is 26.7. The van der Waals surface area contributed by atoms with Crippen LogP contribution in [0.25, 0.3) is 28.1 Å². The molecule has 1 aliphatic rings. The highest BCUT2D eigenvalue weighted by Gasteiger charge is 2.37. The van der Waals surface area contributed by atoms with Crippen LogP contribution in [0.4, 0.5) is 32.0 Å². The number of benzene rings is 1. The molecular formula is C31H24Cl2F6N8O2. The molecule has 2 bridgehead atoms. The van der Waals surface area contributed by atoms with Gasteiger partial charge < -0.3 is 9.88 Å². The number of pyridine rings is 2. The van der Waals surface area contributed by atoms with Crippen LogP contribution in [0.1, 0.15) is 43.5 Å². The normalized spacial score (nSPS) is 17.2. The van der Waals surface area contributed by atoms with Crippen LogP contribution in [-0.2, 0) is 17.5 Å². The predicted molar refractivity (Wildman–Crippen MR) is 167 cm³/mol. The fraction of sp³-hybridized carbons (Fsp3) is 0.290. The molecule has 0 saturated carbocycles. The SMILES string of the molecule is C[C@@H]1CCC[C@H](n2cc(C(F)(F)F)c(-c3cc(Cl)ccc3-n3cc(Cl)nn3)cc2=O)c2cc(ccn2)-c2c(cnn2CC(F)(F)F)NC1=O. The van der Waals surface area contributed by atoms with Crippen molar-refractivity contribution < 1.29 is 31.1 Å². The van der Waals surface area contributed by atoms with Crippen molar-refractivity contribution >= 4 is 34.8 Å². The van der Waals surface area contributed by atoms with E-state index in [0.717, 1.165) is 21.5 Å². The average molecular weight is 725 g/mol. The van der Waals surface area contributed by atoms with Gasteiger partial charge in [-0.3, -0.25) is 19.3 Å². The molecule has 0 fully saturated rings. The molecule has 5 aromatic rings. The molecule has 6 rings (SSSR count). The van der Waals surface area contributed by atoms with Gasteiger partial charge in [-0.05, 0) is 43.2 Å². The Balaban J connectivity index is 1.54. The molecule has 0 unspecified atom stereocenters. The molecular weight excluding hydrogens is 701 g/mol. The van der Waals surface area contributed by atoms with Crippen molar-refractivity contribution in [2.45, 2.75) is 51.1 Å². The number of carbonyl (C=O) groups is 1. The monoisotopic (exact) mass is 724 g/mol. The van der Waals surface area contributed by atoms with Gasteiger partial charge in [-0.15, -0.1) is 5.10 Å². The molecule has 49 heavy (non-hydrogen) atoms. The van der Waals surface area contributed by atoms with E-state index >= 15 is 0 Å². The second-order valence-electron chi connectivity index (χ2n) is 11.5. The van der Waals surface area contributed by atoms with E-state index in [0.29, 0.717) is 10.9 Å². The topological polar surface area (TPSA) is 113 Å². The average Bonchev–Trinajstić information content (AvgIpc) is 3.62. The van der Waals surface area contributed by atoms with Crippen LogP contribution in [0.3, 0.4) is 0 Å². The van der Waals surface area contributed by atoms with Crippen LogP contribution in [-0.4, -0.2) is 46.4 Å². The number of carbonyl (C=O) groups excluding carboxylic acids is 1. The standard InChI is InChI=1S/C31H24Cl2F6N8O2/c1-16-3-2-4-25(22-9-17(7-8-40-22)28-23(42-29(16)49)12-41-47(28)15-30(34,35)36)45-13-21(31(37,38)39)19(11-27(45)48)20-10-18(32)5-6-24(20)46-14-26(33)43-44-46/h5-14,16,25H,2-4,15H2,1H3,(H,42,49)/t16-,25+/m1/s1. The van der Waals surface area contributed by atoms with Gasteiger partial charge in [0.1, 0.15) is 6.54 Å². The summed E-state index contributed by atoms with van der Waals surface area (Å²) in [6.07, 6.45) is -4.69. The Labute approximate surface area is 283 Å². The molecule has 0 radical (unpaired) electrons. The number of hydrogen-bond donors (Lipinski definition) is 1. The van der Waals surface area contributed by atoms with Gasteiger partial charge >= 0.3 is 12.4 Å². The van der Waals surface area contributed by atoms with Crippen LogP contribution >= 0.6 is 23.2 Å². The molecule has 1 aromatic carbocycles. The maximum atomic E-state index is 14.9. The lowest BCUT2D eigenvalue weighted by Gasteiger charge is -2.24. The first kappa shape index (κ1) is 34.2. The van der Waals surface area contributed by atoms with E-state index in [1.165, 1.54) is 42.7 Å². The smallest absolute Gasteiger partial charge is 0.323 e. The van der Waals surface area contributed by atoms with Crippen molar-refractivity contribution in [3.8, 4) is 28.1 Å². The molecule has 18 heteroatoms. The minimum Gasteiger partial charge on any atom is -0.323 e. The van der Waals surface area contributed by atoms with E-state index in [1.807, 2.05) is 0 Å². The maximum absolute atomic E-state index is 14.9. The second kappa shape index (κ2) is 13.0. The lowest BCUT2D eigenvalue weighted by Crippen LogP contribution is -2.28. The molecule has 1 aliphatic heterocycles. The number of rotatable bonds is 4. The highest BCUT2D eigenvalue weighted by atomic mass is 35.5. The Kier molecular flexibility index (Phi) is 9.04. The first-order valence-corrected chi connectivity index (χ1v) is 15.5. The Morgan fingerprint density at radius 1 is 0.980 bits per heavy atom. The number of alkyl halides is 6. The number of amides is 1. The zero-order chi connectivity index (χ0) is 35.2. The van der Waals surface area contributed by atoms with Gasteiger partial charge in [-0.1, -0.05) is 41.8 Å². The van der Waals surface area contributed by atoms with Crippen LogP contribution in [0.2, 0.25) is 10.2 Å². The number of fused-ring (bicyclic) bond motifs is 4. The number of nitrogens with one attached hydrogen (secondary N) is 1. The van der Waals surface area contributed by atoms with E-state index in [4.69, 9.17) is 23.2 Å².